The van der Waals surface area contributed by atoms with E-state index in [2.05, 4.69) is 4.99 Å². The third kappa shape index (κ3) is 3.30. The fourth-order valence-corrected chi connectivity index (χ4v) is 2.06. The lowest BCUT2D eigenvalue weighted by atomic mass is 10.0. The number of aliphatic hydroxyl groups is 1. The van der Waals surface area contributed by atoms with Crippen molar-refractivity contribution in [3.05, 3.63) is 47.2 Å². The number of nitrogens with two attached hydrogens (primary N) is 1. The van der Waals surface area contributed by atoms with Crippen LogP contribution in [0.15, 0.2) is 41.7 Å². The molecule has 1 heterocycles. The molecule has 0 saturated carbocycles. The Morgan fingerprint density at radius 3 is 2.65 bits per heavy atom. The first kappa shape index (κ1) is 16.0. The topological polar surface area (TPSA) is 86.5 Å². The number of ether oxygens (including phenoxy) is 1. The van der Waals surface area contributed by atoms with E-state index in [1.165, 1.54) is 0 Å². The Labute approximate surface area is 123 Å². The van der Waals surface area contributed by atoms with Gasteiger partial charge in [0.15, 0.2) is 17.4 Å². The van der Waals surface area contributed by atoms with Gasteiger partial charge in [0.05, 0.1) is 6.61 Å². The second-order valence-corrected chi connectivity index (χ2v) is 4.28. The Morgan fingerprint density at radius 2 is 2.05 bits per heavy atom. The highest BCUT2D eigenvalue weighted by atomic mass is 35.5. The second kappa shape index (κ2) is 6.96. The van der Waals surface area contributed by atoms with Gasteiger partial charge in [-0.25, -0.2) is 4.79 Å². The third-order valence-electron chi connectivity index (χ3n) is 2.95. The summed E-state index contributed by atoms with van der Waals surface area (Å²) in [6, 6.07) is 9.28. The fourth-order valence-electron chi connectivity index (χ4n) is 2.06. The molecule has 0 saturated heterocycles. The number of aliphatic hydroxyl groups excluding tert-OH is 1. The number of hydrogen-bond acceptors (Lipinski definition) is 4. The first-order valence-electron chi connectivity index (χ1n) is 6.17. The number of benzene rings is 1. The quantitative estimate of drug-likeness (QED) is 0.502. The van der Waals surface area contributed by atoms with Gasteiger partial charge < -0.3 is 22.3 Å². The molecule has 0 radical (unpaired) electrons. The van der Waals surface area contributed by atoms with Crippen LogP contribution in [0.25, 0.3) is 0 Å². The predicted octanol–water partition coefficient (Wildman–Crippen LogP) is -3.57. The van der Waals surface area contributed by atoms with E-state index in [4.69, 9.17) is 10.5 Å². The third-order valence-corrected chi connectivity index (χ3v) is 2.95. The average Bonchev–Trinajstić information content (AvgIpc) is 2.66. The van der Waals surface area contributed by atoms with Crippen molar-refractivity contribution in [2.24, 2.45) is 5.73 Å². The van der Waals surface area contributed by atoms with Crippen molar-refractivity contribution in [2.45, 2.75) is 19.4 Å². The summed E-state index contributed by atoms with van der Waals surface area (Å²) in [6.45, 7) is 1.95. The number of esters is 1. The maximum Gasteiger partial charge on any atom is 0.350 e. The van der Waals surface area contributed by atoms with Gasteiger partial charge in [0, 0.05) is 6.42 Å². The van der Waals surface area contributed by atoms with Crippen molar-refractivity contribution in [1.29, 1.82) is 0 Å². The molecule has 5 nitrogen and oxygen atoms in total. The van der Waals surface area contributed by atoms with Gasteiger partial charge in [-0.2, -0.15) is 0 Å². The summed E-state index contributed by atoms with van der Waals surface area (Å²) in [7, 11) is 0. The predicted molar refractivity (Wildman–Crippen MR) is 70.4 cm³/mol. The number of rotatable bonds is 4. The molecule has 1 aromatic carbocycles. The monoisotopic (exact) mass is 296 g/mol. The van der Waals surface area contributed by atoms with Gasteiger partial charge in [-0.15, -0.1) is 0 Å². The second-order valence-electron chi connectivity index (χ2n) is 4.28. The molecule has 1 aliphatic heterocycles. The molecule has 1 aromatic rings. The minimum atomic E-state index is -0.597. The maximum atomic E-state index is 11.7. The zero-order valence-electron chi connectivity index (χ0n) is 11.1. The van der Waals surface area contributed by atoms with Gasteiger partial charge in [-0.3, -0.25) is 10.7 Å². The number of halogens is 1. The lowest BCUT2D eigenvalue weighted by Crippen LogP contribution is -3.00. The molecular formula is C14H17ClN2O3. The van der Waals surface area contributed by atoms with Crippen LogP contribution in [0, 0.1) is 0 Å². The van der Waals surface area contributed by atoms with Crippen LogP contribution in [0.3, 0.4) is 0 Å². The van der Waals surface area contributed by atoms with E-state index < -0.39 is 5.97 Å². The van der Waals surface area contributed by atoms with Crippen molar-refractivity contribution in [1.82, 2.24) is 0 Å². The van der Waals surface area contributed by atoms with E-state index in [1.54, 1.807) is 6.92 Å². The molecule has 0 fully saturated rings. The van der Waals surface area contributed by atoms with Gasteiger partial charge in [0.2, 0.25) is 0 Å². The molecule has 1 atom stereocenters. The fraction of sp³-hybridized carbons (Fsp3) is 0.286. The van der Waals surface area contributed by atoms with Crippen molar-refractivity contribution < 1.29 is 32.0 Å². The molecule has 6 heteroatoms. The standard InChI is InChI=1S/C14H16N2O3.ClH/c1-2-19-14(18)11-12(17)10(16-13(11)15)8-9-6-4-3-5-7-9;/h3-7,10,17H,2,8H2,1H3,(H2,15,16);1H/t10-;/m0./s1. The maximum absolute atomic E-state index is 11.7. The van der Waals surface area contributed by atoms with Gasteiger partial charge in [0.1, 0.15) is 0 Å². The smallest absolute Gasteiger partial charge is 0.350 e. The molecule has 0 spiro atoms. The van der Waals surface area contributed by atoms with E-state index >= 15 is 0 Å². The number of carbonyl (C=O) groups excluding carboxylic acids is 1. The molecule has 2 rings (SSSR count). The SMILES string of the molecule is CCOC(=O)C1=C(O)[C@H](Cc2ccccc2)[NH+]=C1N.[Cl-]. The summed E-state index contributed by atoms with van der Waals surface area (Å²) in [5.41, 5.74) is 6.82. The normalized spacial score (nSPS) is 17.4. The lowest BCUT2D eigenvalue weighted by molar-refractivity contribution is -0.491. The van der Waals surface area contributed by atoms with Gasteiger partial charge in [0.25, 0.3) is 5.84 Å². The van der Waals surface area contributed by atoms with Crippen LogP contribution in [0.2, 0.25) is 0 Å². The van der Waals surface area contributed by atoms with Crippen molar-refractivity contribution >= 4 is 11.8 Å². The van der Waals surface area contributed by atoms with Crippen LogP contribution in [0.5, 0.6) is 0 Å². The van der Waals surface area contributed by atoms with Crippen LogP contribution in [0.1, 0.15) is 12.5 Å². The number of carbonyl (C=O) groups is 1. The van der Waals surface area contributed by atoms with Crippen LogP contribution < -0.4 is 23.1 Å². The zero-order valence-corrected chi connectivity index (χ0v) is 11.9. The van der Waals surface area contributed by atoms with E-state index in [0.29, 0.717) is 6.42 Å². The van der Waals surface area contributed by atoms with E-state index in [-0.39, 0.29) is 42.2 Å². The molecular weight excluding hydrogens is 280 g/mol. The highest BCUT2D eigenvalue weighted by Gasteiger charge is 2.36. The number of amidine groups is 1. The Balaban J connectivity index is 0.00000200. The van der Waals surface area contributed by atoms with Gasteiger partial charge in [-0.05, 0) is 12.5 Å². The minimum Gasteiger partial charge on any atom is -1.00 e. The molecule has 0 unspecified atom stereocenters. The summed E-state index contributed by atoms with van der Waals surface area (Å²) in [6.07, 6.45) is 0.552. The Hall–Kier alpha value is -2.01. The first-order chi connectivity index (χ1) is 9.13. The Kier molecular flexibility index (Phi) is 5.58. The Bertz CT molecular complexity index is 541. The van der Waals surface area contributed by atoms with Crippen LogP contribution >= 0.6 is 0 Å². The highest BCUT2D eigenvalue weighted by molar-refractivity contribution is 6.17. The number of hydrogen-bond donors (Lipinski definition) is 3. The summed E-state index contributed by atoms with van der Waals surface area (Å²) in [4.78, 5) is 14.6. The molecule has 20 heavy (non-hydrogen) atoms. The summed E-state index contributed by atoms with van der Waals surface area (Å²) < 4.78 is 4.87. The van der Waals surface area contributed by atoms with Crippen molar-refractivity contribution in [3.63, 3.8) is 0 Å². The summed E-state index contributed by atoms with van der Waals surface area (Å²) in [5.74, 6) is -0.489. The molecule has 108 valence electrons. The molecule has 4 N–H and O–H groups in total. The van der Waals surface area contributed by atoms with Crippen molar-refractivity contribution in [3.8, 4) is 0 Å². The highest BCUT2D eigenvalue weighted by Crippen LogP contribution is 2.13. The van der Waals surface area contributed by atoms with E-state index in [9.17, 15) is 9.90 Å². The van der Waals surface area contributed by atoms with E-state index in [1.807, 2.05) is 30.3 Å². The molecule has 1 aliphatic rings. The van der Waals surface area contributed by atoms with Crippen molar-refractivity contribution in [2.75, 3.05) is 6.61 Å². The lowest BCUT2D eigenvalue weighted by Gasteiger charge is -2.06. The van der Waals surface area contributed by atoms with Gasteiger partial charge in [-0.1, -0.05) is 30.3 Å². The largest absolute Gasteiger partial charge is 1.00 e. The van der Waals surface area contributed by atoms with Crippen LogP contribution in [-0.2, 0) is 16.0 Å². The van der Waals surface area contributed by atoms with E-state index in [0.717, 1.165) is 5.56 Å². The molecule has 0 amide bonds. The average molecular weight is 297 g/mol. The Morgan fingerprint density at radius 1 is 1.40 bits per heavy atom. The molecule has 0 aliphatic carbocycles. The summed E-state index contributed by atoms with van der Waals surface area (Å²) in [5, 5.41) is 10.1. The summed E-state index contributed by atoms with van der Waals surface area (Å²) >= 11 is 0. The van der Waals surface area contributed by atoms with Gasteiger partial charge >= 0.3 is 5.97 Å². The van der Waals surface area contributed by atoms with Crippen LogP contribution in [0.4, 0.5) is 0 Å². The molecule has 0 bridgehead atoms. The first-order valence-corrected chi connectivity index (χ1v) is 6.17. The number of nitrogens with one attached hydrogen (secondary N) is 1. The minimum absolute atomic E-state index is 0. The zero-order chi connectivity index (χ0) is 13.8. The van der Waals surface area contributed by atoms with Crippen LogP contribution in [-0.4, -0.2) is 29.6 Å². The molecule has 0 aromatic heterocycles.